The Morgan fingerprint density at radius 2 is 1.69 bits per heavy atom. The van der Waals surface area contributed by atoms with Crippen molar-refractivity contribution in [2.45, 2.75) is 44.9 Å². The number of likely N-dealkylation sites (tertiary alicyclic amines) is 1. The van der Waals surface area contributed by atoms with Gasteiger partial charge in [0.1, 0.15) is 5.82 Å². The first-order valence-electron chi connectivity index (χ1n) is 10.9. The summed E-state index contributed by atoms with van der Waals surface area (Å²) in [5, 5.41) is 0. The summed E-state index contributed by atoms with van der Waals surface area (Å²) in [7, 11) is 1.63. The maximum absolute atomic E-state index is 12.6. The summed E-state index contributed by atoms with van der Waals surface area (Å²) in [6.07, 6.45) is 6.42. The lowest BCUT2D eigenvalue weighted by molar-refractivity contribution is -0.153. The van der Waals surface area contributed by atoms with E-state index in [1.165, 1.54) is 4.90 Å². The molecule has 1 saturated carbocycles. The van der Waals surface area contributed by atoms with Gasteiger partial charge in [0, 0.05) is 51.6 Å². The molecule has 1 aromatic heterocycles. The molecule has 29 heavy (non-hydrogen) atoms. The van der Waals surface area contributed by atoms with E-state index in [-0.39, 0.29) is 17.2 Å². The number of hydrogen-bond donors (Lipinski definition) is 0. The van der Waals surface area contributed by atoms with Gasteiger partial charge in [-0.05, 0) is 37.3 Å². The number of imide groups is 1. The van der Waals surface area contributed by atoms with Crippen LogP contribution in [-0.4, -0.2) is 73.0 Å². The molecule has 3 aliphatic rings. The molecule has 0 unspecified atom stereocenters. The number of pyridine rings is 1. The van der Waals surface area contributed by atoms with E-state index in [1.54, 1.807) is 7.11 Å². The van der Waals surface area contributed by atoms with Crippen LogP contribution in [0.5, 0.6) is 5.88 Å². The second-order valence-electron chi connectivity index (χ2n) is 8.72. The maximum atomic E-state index is 12.6. The third kappa shape index (κ3) is 4.55. The average Bonchev–Trinajstić information content (AvgIpc) is 3.18. The number of methoxy groups -OCH3 is 1. The number of rotatable bonds is 6. The summed E-state index contributed by atoms with van der Waals surface area (Å²) < 4.78 is 5.22. The zero-order valence-corrected chi connectivity index (χ0v) is 17.4. The third-order valence-corrected chi connectivity index (χ3v) is 6.79. The highest BCUT2D eigenvalue weighted by molar-refractivity contribution is 5.98. The Kier molecular flexibility index (Phi) is 6.04. The van der Waals surface area contributed by atoms with Gasteiger partial charge < -0.3 is 9.64 Å². The summed E-state index contributed by atoms with van der Waals surface area (Å²) in [5.41, 5.74) is -0.00481. The van der Waals surface area contributed by atoms with Gasteiger partial charge in [-0.2, -0.15) is 4.98 Å². The van der Waals surface area contributed by atoms with Crippen molar-refractivity contribution in [3.8, 4) is 5.88 Å². The number of carbonyl (C=O) groups is 2. The Hall–Kier alpha value is -2.15. The smallest absolute Gasteiger partial charge is 0.229 e. The van der Waals surface area contributed by atoms with Gasteiger partial charge in [-0.25, -0.2) is 0 Å². The van der Waals surface area contributed by atoms with Crippen LogP contribution < -0.4 is 9.64 Å². The van der Waals surface area contributed by atoms with Crippen molar-refractivity contribution in [1.82, 2.24) is 14.8 Å². The first-order valence-corrected chi connectivity index (χ1v) is 10.9. The molecule has 2 saturated heterocycles. The van der Waals surface area contributed by atoms with Crippen LogP contribution in [0.2, 0.25) is 0 Å². The van der Waals surface area contributed by atoms with E-state index < -0.39 is 0 Å². The Morgan fingerprint density at radius 1 is 1.00 bits per heavy atom. The van der Waals surface area contributed by atoms with Crippen molar-refractivity contribution in [3.63, 3.8) is 0 Å². The van der Waals surface area contributed by atoms with Crippen molar-refractivity contribution >= 4 is 17.6 Å². The van der Waals surface area contributed by atoms with Crippen LogP contribution in [-0.2, 0) is 9.59 Å². The van der Waals surface area contributed by atoms with E-state index in [0.717, 1.165) is 70.6 Å². The summed E-state index contributed by atoms with van der Waals surface area (Å²) in [5.74, 6) is 1.70. The summed E-state index contributed by atoms with van der Waals surface area (Å²) in [6, 6.07) is 5.84. The highest BCUT2D eigenvalue weighted by atomic mass is 16.5. The minimum absolute atomic E-state index is 0.00481. The Balaban J connectivity index is 1.21. The maximum Gasteiger partial charge on any atom is 0.229 e. The molecule has 0 bridgehead atoms. The van der Waals surface area contributed by atoms with E-state index in [4.69, 9.17) is 4.74 Å². The van der Waals surface area contributed by atoms with Crippen LogP contribution in [0.25, 0.3) is 0 Å². The van der Waals surface area contributed by atoms with Gasteiger partial charge >= 0.3 is 0 Å². The minimum Gasteiger partial charge on any atom is -0.481 e. The first kappa shape index (κ1) is 20.1. The van der Waals surface area contributed by atoms with Gasteiger partial charge in [0.15, 0.2) is 0 Å². The zero-order chi connectivity index (χ0) is 20.3. The molecule has 1 aromatic rings. The van der Waals surface area contributed by atoms with Crippen LogP contribution in [0.4, 0.5) is 5.82 Å². The molecule has 0 aromatic carbocycles. The van der Waals surface area contributed by atoms with E-state index >= 15 is 0 Å². The van der Waals surface area contributed by atoms with Crippen molar-refractivity contribution < 1.29 is 14.3 Å². The highest BCUT2D eigenvalue weighted by Gasteiger charge is 2.44. The molecule has 0 radical (unpaired) electrons. The third-order valence-electron chi connectivity index (χ3n) is 6.79. The fraction of sp³-hybridized carbons (Fsp3) is 0.682. The predicted molar refractivity (Wildman–Crippen MR) is 111 cm³/mol. The number of piperazine rings is 1. The largest absolute Gasteiger partial charge is 0.481 e. The van der Waals surface area contributed by atoms with E-state index in [9.17, 15) is 9.59 Å². The van der Waals surface area contributed by atoms with Crippen LogP contribution >= 0.6 is 0 Å². The molecule has 7 heteroatoms. The number of amides is 2. The first-order chi connectivity index (χ1) is 14.1. The molecular weight excluding hydrogens is 368 g/mol. The molecule has 4 rings (SSSR count). The van der Waals surface area contributed by atoms with Gasteiger partial charge in [0.2, 0.25) is 17.7 Å². The van der Waals surface area contributed by atoms with Crippen molar-refractivity contribution in [1.29, 1.82) is 0 Å². The highest BCUT2D eigenvalue weighted by Crippen LogP contribution is 2.46. The lowest BCUT2D eigenvalue weighted by atomic mass is 9.76. The van der Waals surface area contributed by atoms with Crippen molar-refractivity contribution in [2.75, 3.05) is 51.3 Å². The Bertz CT molecular complexity index is 719. The number of nitrogens with zero attached hydrogens (tertiary/aromatic N) is 4. The standard InChI is InChI=1S/C22H32N4O3/c1-29-19-7-4-6-18(23-19)25-14-12-24(13-15-25)10-5-11-26-20(27)16-22(17-21(26)28)8-2-3-9-22/h4,6-7H,2-3,5,8-17H2,1H3. The molecule has 0 N–H and O–H groups in total. The Morgan fingerprint density at radius 3 is 2.34 bits per heavy atom. The van der Waals surface area contributed by atoms with Gasteiger partial charge in [-0.3, -0.25) is 19.4 Å². The summed E-state index contributed by atoms with van der Waals surface area (Å²) >= 11 is 0. The number of hydrogen-bond acceptors (Lipinski definition) is 6. The zero-order valence-electron chi connectivity index (χ0n) is 17.4. The molecule has 7 nitrogen and oxygen atoms in total. The van der Waals surface area contributed by atoms with E-state index in [1.807, 2.05) is 18.2 Å². The Labute approximate surface area is 173 Å². The SMILES string of the molecule is COc1cccc(N2CCN(CCCN3C(=O)CC4(CCCC4)CC3=O)CC2)n1. The molecule has 3 heterocycles. The van der Waals surface area contributed by atoms with E-state index in [2.05, 4.69) is 14.8 Å². The predicted octanol–water partition coefficient (Wildman–Crippen LogP) is 2.31. The minimum atomic E-state index is -0.00481. The van der Waals surface area contributed by atoms with Gasteiger partial charge in [0.05, 0.1) is 7.11 Å². The lowest BCUT2D eigenvalue weighted by Gasteiger charge is -2.38. The number of carbonyl (C=O) groups excluding carboxylic acids is 2. The van der Waals surface area contributed by atoms with Crippen LogP contribution in [0, 0.1) is 5.41 Å². The molecule has 158 valence electrons. The van der Waals surface area contributed by atoms with Crippen LogP contribution in [0.15, 0.2) is 18.2 Å². The summed E-state index contributed by atoms with van der Waals surface area (Å²) in [4.78, 5) is 35.9. The second kappa shape index (κ2) is 8.69. The average molecular weight is 401 g/mol. The molecule has 2 amide bonds. The number of piperidine rings is 1. The quantitative estimate of drug-likeness (QED) is 0.683. The van der Waals surface area contributed by atoms with E-state index in [0.29, 0.717) is 25.3 Å². The lowest BCUT2D eigenvalue weighted by Crippen LogP contribution is -2.49. The number of anilines is 1. The van der Waals surface area contributed by atoms with Crippen molar-refractivity contribution in [2.24, 2.45) is 5.41 Å². The molecule has 1 spiro atoms. The molecule has 3 fully saturated rings. The fourth-order valence-electron chi connectivity index (χ4n) is 5.11. The fourth-order valence-corrected chi connectivity index (χ4v) is 5.11. The van der Waals surface area contributed by atoms with Crippen LogP contribution in [0.1, 0.15) is 44.9 Å². The van der Waals surface area contributed by atoms with Gasteiger partial charge in [0.25, 0.3) is 0 Å². The monoisotopic (exact) mass is 400 g/mol. The number of aromatic nitrogens is 1. The topological polar surface area (TPSA) is 66.0 Å². The molecule has 2 aliphatic heterocycles. The second-order valence-corrected chi connectivity index (χ2v) is 8.72. The number of ether oxygens (including phenoxy) is 1. The van der Waals surface area contributed by atoms with Crippen LogP contribution in [0.3, 0.4) is 0 Å². The van der Waals surface area contributed by atoms with Gasteiger partial charge in [-0.15, -0.1) is 0 Å². The molecule has 1 aliphatic carbocycles. The molecular formula is C22H32N4O3. The summed E-state index contributed by atoms with van der Waals surface area (Å²) in [6.45, 7) is 5.25. The van der Waals surface area contributed by atoms with Crippen molar-refractivity contribution in [3.05, 3.63) is 18.2 Å². The van der Waals surface area contributed by atoms with Gasteiger partial charge in [-0.1, -0.05) is 18.9 Å². The molecule has 0 atom stereocenters. The normalized spacial score (nSPS) is 22.5.